The summed E-state index contributed by atoms with van der Waals surface area (Å²) in [7, 11) is 3.35. The number of ether oxygens (including phenoxy) is 2. The highest BCUT2D eigenvalue weighted by atomic mass is 16.5. The molecule has 138 valence electrons. The molecule has 25 heavy (non-hydrogen) atoms. The van der Waals surface area contributed by atoms with Crippen molar-refractivity contribution in [1.82, 2.24) is 14.7 Å². The summed E-state index contributed by atoms with van der Waals surface area (Å²) in [4.78, 5) is 19.0. The predicted octanol–water partition coefficient (Wildman–Crippen LogP) is 1.44. The molecule has 6 nitrogen and oxygen atoms in total. The third kappa shape index (κ3) is 4.86. The molecule has 1 amide bonds. The maximum absolute atomic E-state index is 12.3. The lowest BCUT2D eigenvalue weighted by atomic mass is 10.1. The number of methoxy groups -OCH3 is 2. The van der Waals surface area contributed by atoms with Gasteiger partial charge in [0.1, 0.15) is 11.5 Å². The predicted molar refractivity (Wildman–Crippen MR) is 97.1 cm³/mol. The van der Waals surface area contributed by atoms with Crippen LogP contribution in [0.25, 0.3) is 0 Å². The number of hydrogen-bond donors (Lipinski definition) is 0. The summed E-state index contributed by atoms with van der Waals surface area (Å²) in [5.74, 6) is 1.94. The monoisotopic (exact) mass is 347 g/mol. The average molecular weight is 347 g/mol. The number of hydrogen-bond acceptors (Lipinski definition) is 5. The highest BCUT2D eigenvalue weighted by molar-refractivity contribution is 5.78. The molecule has 0 N–H and O–H groups in total. The Hall–Kier alpha value is -1.79. The van der Waals surface area contributed by atoms with E-state index >= 15 is 0 Å². The molecule has 0 bridgehead atoms. The number of rotatable bonds is 6. The molecule has 0 saturated carbocycles. The maximum Gasteiger partial charge on any atom is 0.236 e. The molecular weight excluding hydrogens is 318 g/mol. The van der Waals surface area contributed by atoms with Crippen LogP contribution in [0.2, 0.25) is 0 Å². The van der Waals surface area contributed by atoms with Gasteiger partial charge < -0.3 is 14.4 Å². The van der Waals surface area contributed by atoms with Gasteiger partial charge in [-0.1, -0.05) is 0 Å². The lowest BCUT2D eigenvalue weighted by Gasteiger charge is -2.35. The molecule has 1 aromatic rings. The van der Waals surface area contributed by atoms with E-state index in [4.69, 9.17) is 9.47 Å². The SMILES string of the molecule is COc1cc(CN2CCN(CC(=O)N3CCCC3)CC2)cc(OC)c1. The van der Waals surface area contributed by atoms with Crippen LogP contribution in [-0.4, -0.2) is 80.6 Å². The van der Waals surface area contributed by atoms with E-state index < -0.39 is 0 Å². The Morgan fingerprint density at radius 3 is 2.00 bits per heavy atom. The Balaban J connectivity index is 1.48. The minimum Gasteiger partial charge on any atom is -0.497 e. The Morgan fingerprint density at radius 2 is 1.44 bits per heavy atom. The zero-order chi connectivity index (χ0) is 17.6. The van der Waals surface area contributed by atoms with Gasteiger partial charge in [-0.3, -0.25) is 14.6 Å². The first-order valence-electron chi connectivity index (χ1n) is 9.12. The first kappa shape index (κ1) is 18.0. The number of piperazine rings is 1. The maximum atomic E-state index is 12.3. The summed E-state index contributed by atoms with van der Waals surface area (Å²) in [5, 5.41) is 0. The van der Waals surface area contributed by atoms with Crippen LogP contribution in [-0.2, 0) is 11.3 Å². The third-order valence-electron chi connectivity index (χ3n) is 5.10. The van der Waals surface area contributed by atoms with E-state index in [1.165, 1.54) is 5.56 Å². The van der Waals surface area contributed by atoms with Crippen molar-refractivity contribution in [3.63, 3.8) is 0 Å². The number of amides is 1. The molecule has 3 rings (SSSR count). The van der Waals surface area contributed by atoms with Gasteiger partial charge in [-0.2, -0.15) is 0 Å². The van der Waals surface area contributed by atoms with Crippen LogP contribution in [0.15, 0.2) is 18.2 Å². The largest absolute Gasteiger partial charge is 0.497 e. The molecule has 0 spiro atoms. The molecule has 0 aliphatic carbocycles. The summed E-state index contributed by atoms with van der Waals surface area (Å²) in [6.45, 7) is 7.18. The van der Waals surface area contributed by atoms with Crippen molar-refractivity contribution < 1.29 is 14.3 Å². The molecule has 2 saturated heterocycles. The molecule has 0 aromatic heterocycles. The Morgan fingerprint density at radius 1 is 0.880 bits per heavy atom. The highest BCUT2D eigenvalue weighted by Crippen LogP contribution is 2.23. The van der Waals surface area contributed by atoms with Crippen LogP contribution < -0.4 is 9.47 Å². The van der Waals surface area contributed by atoms with Crippen LogP contribution in [0.3, 0.4) is 0 Å². The van der Waals surface area contributed by atoms with Crippen molar-refractivity contribution in [2.45, 2.75) is 19.4 Å². The number of carbonyl (C=O) groups is 1. The fourth-order valence-corrected chi connectivity index (χ4v) is 3.58. The first-order valence-corrected chi connectivity index (χ1v) is 9.12. The molecule has 6 heteroatoms. The van der Waals surface area contributed by atoms with E-state index in [2.05, 4.69) is 21.9 Å². The smallest absolute Gasteiger partial charge is 0.236 e. The van der Waals surface area contributed by atoms with Crippen LogP contribution in [0.1, 0.15) is 18.4 Å². The molecule has 1 aromatic carbocycles. The topological polar surface area (TPSA) is 45.2 Å². The van der Waals surface area contributed by atoms with E-state index in [1.54, 1.807) is 14.2 Å². The number of carbonyl (C=O) groups excluding carboxylic acids is 1. The standard InChI is InChI=1S/C19H29N3O3/c1-24-17-11-16(12-18(13-17)25-2)14-20-7-9-21(10-8-20)15-19(23)22-5-3-4-6-22/h11-13H,3-10,14-15H2,1-2H3. The second-order valence-corrected chi connectivity index (χ2v) is 6.86. The van der Waals surface area contributed by atoms with E-state index in [-0.39, 0.29) is 0 Å². The first-order chi connectivity index (χ1) is 12.2. The van der Waals surface area contributed by atoms with Gasteiger partial charge in [0, 0.05) is 51.9 Å². The Bertz CT molecular complexity index is 557. The molecule has 0 atom stereocenters. The minimum absolute atomic E-state index is 0.295. The van der Waals surface area contributed by atoms with Crippen molar-refractivity contribution in [3.05, 3.63) is 23.8 Å². The van der Waals surface area contributed by atoms with Gasteiger partial charge in [0.25, 0.3) is 0 Å². The molecule has 0 unspecified atom stereocenters. The average Bonchev–Trinajstić information content (AvgIpc) is 3.18. The Labute approximate surface area is 150 Å². The van der Waals surface area contributed by atoms with Crippen LogP contribution >= 0.6 is 0 Å². The molecule has 2 aliphatic rings. The molecule has 2 heterocycles. The summed E-state index contributed by atoms with van der Waals surface area (Å²) < 4.78 is 10.7. The zero-order valence-corrected chi connectivity index (χ0v) is 15.4. The minimum atomic E-state index is 0.295. The quantitative estimate of drug-likeness (QED) is 0.779. The molecule has 2 fully saturated rings. The van der Waals surface area contributed by atoms with Gasteiger partial charge in [0.05, 0.1) is 20.8 Å². The van der Waals surface area contributed by atoms with Crippen LogP contribution in [0.5, 0.6) is 11.5 Å². The van der Waals surface area contributed by atoms with Crippen molar-refractivity contribution in [2.75, 3.05) is 60.0 Å². The van der Waals surface area contributed by atoms with Crippen molar-refractivity contribution in [2.24, 2.45) is 0 Å². The van der Waals surface area contributed by atoms with Crippen LogP contribution in [0, 0.1) is 0 Å². The van der Waals surface area contributed by atoms with E-state index in [0.717, 1.165) is 70.2 Å². The normalized spacial score (nSPS) is 19.2. The van der Waals surface area contributed by atoms with Gasteiger partial charge in [-0.05, 0) is 30.5 Å². The number of nitrogens with zero attached hydrogens (tertiary/aromatic N) is 3. The second-order valence-electron chi connectivity index (χ2n) is 6.86. The van der Waals surface area contributed by atoms with Crippen molar-refractivity contribution >= 4 is 5.91 Å². The summed E-state index contributed by atoms with van der Waals surface area (Å²) in [6.07, 6.45) is 2.31. The second kappa shape index (κ2) is 8.54. The van der Waals surface area contributed by atoms with Crippen molar-refractivity contribution in [1.29, 1.82) is 0 Å². The van der Waals surface area contributed by atoms with Gasteiger partial charge in [0.15, 0.2) is 0 Å². The summed E-state index contributed by atoms with van der Waals surface area (Å²) in [5.41, 5.74) is 1.19. The lowest BCUT2D eigenvalue weighted by Crippen LogP contribution is -2.49. The van der Waals surface area contributed by atoms with E-state index in [1.807, 2.05) is 11.0 Å². The summed E-state index contributed by atoms with van der Waals surface area (Å²) >= 11 is 0. The Kier molecular flexibility index (Phi) is 6.15. The van der Waals surface area contributed by atoms with Gasteiger partial charge in [0.2, 0.25) is 5.91 Å². The fourth-order valence-electron chi connectivity index (χ4n) is 3.58. The summed E-state index contributed by atoms with van der Waals surface area (Å²) in [6, 6.07) is 6.02. The van der Waals surface area contributed by atoms with E-state index in [0.29, 0.717) is 12.5 Å². The van der Waals surface area contributed by atoms with Crippen LogP contribution in [0.4, 0.5) is 0 Å². The molecular formula is C19H29N3O3. The van der Waals surface area contributed by atoms with Gasteiger partial charge in [-0.25, -0.2) is 0 Å². The molecule has 0 radical (unpaired) electrons. The van der Waals surface area contributed by atoms with Gasteiger partial charge in [-0.15, -0.1) is 0 Å². The third-order valence-corrected chi connectivity index (χ3v) is 5.10. The highest BCUT2D eigenvalue weighted by Gasteiger charge is 2.23. The zero-order valence-electron chi connectivity index (χ0n) is 15.4. The number of likely N-dealkylation sites (tertiary alicyclic amines) is 1. The molecule has 2 aliphatic heterocycles. The lowest BCUT2D eigenvalue weighted by molar-refractivity contribution is -0.131. The fraction of sp³-hybridized carbons (Fsp3) is 0.632. The van der Waals surface area contributed by atoms with E-state index in [9.17, 15) is 4.79 Å². The van der Waals surface area contributed by atoms with Gasteiger partial charge >= 0.3 is 0 Å². The number of benzene rings is 1. The van der Waals surface area contributed by atoms with Crippen molar-refractivity contribution in [3.8, 4) is 11.5 Å².